The van der Waals surface area contributed by atoms with Crippen LogP contribution in [-0.4, -0.2) is 52.9 Å². The van der Waals surface area contributed by atoms with E-state index < -0.39 is 5.60 Å². The van der Waals surface area contributed by atoms with Crippen molar-refractivity contribution in [2.45, 2.75) is 58.2 Å². The van der Waals surface area contributed by atoms with Gasteiger partial charge in [0.2, 0.25) is 5.88 Å². The lowest BCUT2D eigenvalue weighted by Crippen LogP contribution is -2.42. The van der Waals surface area contributed by atoms with Crippen LogP contribution < -0.4 is 9.64 Å². The maximum atomic E-state index is 11.9. The summed E-state index contributed by atoms with van der Waals surface area (Å²) in [5.74, 6) is 1.12. The summed E-state index contributed by atoms with van der Waals surface area (Å²) in [5.41, 5.74) is 3.09. The highest BCUT2D eigenvalue weighted by atomic mass is 16.5. The third-order valence-corrected chi connectivity index (χ3v) is 5.86. The molecule has 0 aromatic carbocycles. The first-order valence-electron chi connectivity index (χ1n) is 10.2. The topological polar surface area (TPSA) is 75.0 Å². The van der Waals surface area contributed by atoms with E-state index in [1.165, 1.54) is 0 Å². The Balaban J connectivity index is 1.41. The van der Waals surface area contributed by atoms with Crippen molar-refractivity contribution in [1.82, 2.24) is 4.98 Å². The number of aliphatic hydroxyl groups is 1. The van der Waals surface area contributed by atoms with Gasteiger partial charge in [-0.2, -0.15) is 0 Å². The Morgan fingerprint density at radius 2 is 2.04 bits per heavy atom. The normalized spacial score (nSPS) is 26.0. The monoisotopic (exact) mass is 383 g/mol. The highest BCUT2D eigenvalue weighted by Crippen LogP contribution is 2.40. The molecular weight excluding hydrogens is 354 g/mol. The highest BCUT2D eigenvalue weighted by molar-refractivity contribution is 6.08. The molecule has 1 unspecified atom stereocenters. The lowest BCUT2D eigenvalue weighted by molar-refractivity contribution is -0.122. The van der Waals surface area contributed by atoms with Gasteiger partial charge in [-0.3, -0.25) is 9.79 Å². The van der Waals surface area contributed by atoms with E-state index in [-0.39, 0.29) is 18.3 Å². The number of pyridine rings is 1. The zero-order chi connectivity index (χ0) is 19.9. The Morgan fingerprint density at radius 3 is 2.68 bits per heavy atom. The lowest BCUT2D eigenvalue weighted by Gasteiger charge is -2.37. The molecule has 6 nitrogen and oxygen atoms in total. The summed E-state index contributed by atoms with van der Waals surface area (Å²) in [4.78, 5) is 23.4. The molecule has 1 aromatic heterocycles. The van der Waals surface area contributed by atoms with E-state index in [1.807, 2.05) is 26.1 Å². The van der Waals surface area contributed by atoms with Gasteiger partial charge in [-0.15, -0.1) is 0 Å². The summed E-state index contributed by atoms with van der Waals surface area (Å²) in [6, 6.07) is 3.99. The average molecular weight is 383 g/mol. The van der Waals surface area contributed by atoms with Crippen molar-refractivity contribution in [2.75, 3.05) is 24.5 Å². The Bertz CT molecular complexity index is 816. The second-order valence-corrected chi connectivity index (χ2v) is 8.63. The molecule has 0 spiro atoms. The van der Waals surface area contributed by atoms with E-state index in [4.69, 9.17) is 9.73 Å². The molecule has 150 valence electrons. The van der Waals surface area contributed by atoms with Crippen LogP contribution >= 0.6 is 0 Å². The number of ketones is 1. The van der Waals surface area contributed by atoms with Gasteiger partial charge in [0.15, 0.2) is 0 Å². The number of anilines is 1. The van der Waals surface area contributed by atoms with Crippen LogP contribution in [0.3, 0.4) is 0 Å². The van der Waals surface area contributed by atoms with E-state index in [0.717, 1.165) is 48.5 Å². The SMILES string of the molecule is CC(C)Oc1ccc(N2CCC(C3=NCC4=C3C(C)(O)CC(=O)C4)CC2)cn1. The third-order valence-electron chi connectivity index (χ3n) is 5.86. The maximum absolute atomic E-state index is 11.9. The van der Waals surface area contributed by atoms with Crippen molar-refractivity contribution in [3.05, 3.63) is 29.5 Å². The Kier molecular flexibility index (Phi) is 5.00. The van der Waals surface area contributed by atoms with Crippen LogP contribution in [0, 0.1) is 5.92 Å². The Morgan fingerprint density at radius 1 is 1.29 bits per heavy atom. The molecule has 1 N–H and O–H groups in total. The number of ether oxygens (including phenoxy) is 1. The smallest absolute Gasteiger partial charge is 0.213 e. The number of rotatable bonds is 4. The van der Waals surface area contributed by atoms with E-state index in [9.17, 15) is 9.90 Å². The van der Waals surface area contributed by atoms with Gasteiger partial charge in [0.05, 0.1) is 30.1 Å². The molecule has 1 atom stereocenters. The third kappa shape index (κ3) is 3.70. The van der Waals surface area contributed by atoms with Crippen molar-refractivity contribution < 1.29 is 14.6 Å². The number of nitrogens with zero attached hydrogens (tertiary/aromatic N) is 3. The summed E-state index contributed by atoms with van der Waals surface area (Å²) >= 11 is 0. The van der Waals surface area contributed by atoms with Crippen LogP contribution in [0.4, 0.5) is 5.69 Å². The summed E-state index contributed by atoms with van der Waals surface area (Å²) in [6.07, 6.45) is 4.64. The van der Waals surface area contributed by atoms with Gasteiger partial charge in [0.1, 0.15) is 5.78 Å². The molecule has 3 heterocycles. The van der Waals surface area contributed by atoms with Crippen LogP contribution in [0.5, 0.6) is 5.88 Å². The molecule has 3 aliphatic rings. The molecule has 28 heavy (non-hydrogen) atoms. The molecule has 0 radical (unpaired) electrons. The number of carbonyl (C=O) groups is 1. The second kappa shape index (κ2) is 7.32. The number of carbonyl (C=O) groups excluding carboxylic acids is 1. The van der Waals surface area contributed by atoms with Crippen molar-refractivity contribution in [3.8, 4) is 5.88 Å². The molecule has 6 heteroatoms. The summed E-state index contributed by atoms with van der Waals surface area (Å²) < 4.78 is 5.62. The van der Waals surface area contributed by atoms with E-state index in [1.54, 1.807) is 6.92 Å². The van der Waals surface area contributed by atoms with E-state index >= 15 is 0 Å². The predicted molar refractivity (Wildman–Crippen MR) is 109 cm³/mol. The molecule has 1 saturated heterocycles. The molecule has 1 fully saturated rings. The molecule has 1 aliphatic carbocycles. The fourth-order valence-electron chi connectivity index (χ4n) is 4.71. The van der Waals surface area contributed by atoms with E-state index in [2.05, 4.69) is 16.0 Å². The fraction of sp³-hybridized carbons (Fsp3) is 0.591. The Hall–Kier alpha value is -2.21. The molecule has 0 bridgehead atoms. The quantitative estimate of drug-likeness (QED) is 0.865. The second-order valence-electron chi connectivity index (χ2n) is 8.63. The molecule has 1 aromatic rings. The van der Waals surface area contributed by atoms with Crippen molar-refractivity contribution in [3.63, 3.8) is 0 Å². The number of hydrogen-bond acceptors (Lipinski definition) is 6. The predicted octanol–water partition coefficient (Wildman–Crippen LogP) is 2.95. The first-order chi connectivity index (χ1) is 13.3. The van der Waals surface area contributed by atoms with Gasteiger partial charge in [-0.05, 0) is 45.3 Å². The van der Waals surface area contributed by atoms with Crippen molar-refractivity contribution in [1.29, 1.82) is 0 Å². The zero-order valence-corrected chi connectivity index (χ0v) is 16.9. The van der Waals surface area contributed by atoms with Gasteiger partial charge in [-0.1, -0.05) is 0 Å². The molecule has 0 saturated carbocycles. The average Bonchev–Trinajstić information content (AvgIpc) is 3.06. The summed E-state index contributed by atoms with van der Waals surface area (Å²) in [5, 5.41) is 10.8. The highest BCUT2D eigenvalue weighted by Gasteiger charge is 2.43. The van der Waals surface area contributed by atoms with Crippen LogP contribution in [-0.2, 0) is 4.79 Å². The molecule has 0 amide bonds. The van der Waals surface area contributed by atoms with Crippen LogP contribution in [0.1, 0.15) is 46.5 Å². The number of aromatic nitrogens is 1. The van der Waals surface area contributed by atoms with Gasteiger partial charge in [0, 0.05) is 49.2 Å². The summed E-state index contributed by atoms with van der Waals surface area (Å²) in [6.45, 7) is 8.19. The minimum absolute atomic E-state index is 0.118. The molecular formula is C22H29N3O3. The van der Waals surface area contributed by atoms with Crippen LogP contribution in [0.2, 0.25) is 0 Å². The maximum Gasteiger partial charge on any atom is 0.213 e. The largest absolute Gasteiger partial charge is 0.475 e. The minimum atomic E-state index is -1.06. The first-order valence-corrected chi connectivity index (χ1v) is 10.2. The number of hydrogen-bond donors (Lipinski definition) is 1. The van der Waals surface area contributed by atoms with Crippen molar-refractivity contribution >= 4 is 17.2 Å². The van der Waals surface area contributed by atoms with Gasteiger partial charge in [0.25, 0.3) is 0 Å². The zero-order valence-electron chi connectivity index (χ0n) is 16.9. The van der Waals surface area contributed by atoms with Gasteiger partial charge < -0.3 is 14.7 Å². The van der Waals surface area contributed by atoms with Gasteiger partial charge in [-0.25, -0.2) is 4.98 Å². The molecule has 4 rings (SSSR count). The van der Waals surface area contributed by atoms with Crippen molar-refractivity contribution in [2.24, 2.45) is 10.9 Å². The minimum Gasteiger partial charge on any atom is -0.475 e. The Labute approximate surface area is 166 Å². The first kappa shape index (κ1) is 19.1. The van der Waals surface area contributed by atoms with Crippen LogP contribution in [0.25, 0.3) is 0 Å². The standard InChI is InChI=1S/C22H29N3O3/c1-14(2)28-19-5-4-17(13-23-19)25-8-6-15(7-9-25)21-20-16(12-24-21)10-18(26)11-22(20,3)27/h4-5,13-15,27H,6-12H2,1-3H3. The number of piperidine rings is 1. The summed E-state index contributed by atoms with van der Waals surface area (Å²) in [7, 11) is 0. The van der Waals surface area contributed by atoms with Gasteiger partial charge >= 0.3 is 0 Å². The fourth-order valence-corrected chi connectivity index (χ4v) is 4.71. The lowest BCUT2D eigenvalue weighted by atomic mass is 9.74. The molecule has 2 aliphatic heterocycles. The van der Waals surface area contributed by atoms with Crippen LogP contribution in [0.15, 0.2) is 34.5 Å². The number of aliphatic imine (C=N–C) groups is 1. The van der Waals surface area contributed by atoms with E-state index in [0.29, 0.717) is 24.8 Å². The number of Topliss-reactive ketones (excluding diaryl/α,β-unsaturated/α-hetero) is 1.